The molecule has 0 radical (unpaired) electrons. The summed E-state index contributed by atoms with van der Waals surface area (Å²) in [5, 5.41) is 6.33. The number of rotatable bonds is 6. The summed E-state index contributed by atoms with van der Waals surface area (Å²) in [6, 6.07) is 0. The van der Waals surface area contributed by atoms with Gasteiger partial charge in [0.2, 0.25) is 5.91 Å². The van der Waals surface area contributed by atoms with E-state index >= 15 is 0 Å². The van der Waals surface area contributed by atoms with Crippen LogP contribution in [0.2, 0.25) is 0 Å². The second-order valence-corrected chi connectivity index (χ2v) is 4.18. The van der Waals surface area contributed by atoms with Gasteiger partial charge in [-0.2, -0.15) is 0 Å². The average Bonchev–Trinajstić information content (AvgIpc) is 2.28. The van der Waals surface area contributed by atoms with Crippen molar-refractivity contribution in [1.82, 2.24) is 10.6 Å². The molecule has 1 rings (SSSR count). The van der Waals surface area contributed by atoms with Crippen LogP contribution in [0.25, 0.3) is 0 Å². The number of carbonyl (C=O) groups is 1. The average molecular weight is 210 g/mol. The van der Waals surface area contributed by atoms with Gasteiger partial charge in [-0.3, -0.25) is 4.79 Å². The van der Waals surface area contributed by atoms with E-state index in [1.165, 1.54) is 12.8 Å². The summed E-state index contributed by atoms with van der Waals surface area (Å²) in [6.07, 6.45) is 6.81. The molecule has 0 aromatic rings. The molecule has 3 nitrogen and oxygen atoms in total. The Morgan fingerprint density at radius 3 is 3.13 bits per heavy atom. The van der Waals surface area contributed by atoms with Crippen molar-refractivity contribution in [3.05, 3.63) is 12.7 Å². The lowest BCUT2D eigenvalue weighted by atomic mass is 9.96. The van der Waals surface area contributed by atoms with Gasteiger partial charge in [-0.25, -0.2) is 0 Å². The van der Waals surface area contributed by atoms with Gasteiger partial charge in [0, 0.05) is 13.0 Å². The third-order valence-corrected chi connectivity index (χ3v) is 2.85. The van der Waals surface area contributed by atoms with Crippen molar-refractivity contribution in [2.24, 2.45) is 5.92 Å². The molecule has 1 fully saturated rings. The smallest absolute Gasteiger partial charge is 0.220 e. The summed E-state index contributed by atoms with van der Waals surface area (Å²) in [5.74, 6) is 0.900. The van der Waals surface area contributed by atoms with Crippen LogP contribution >= 0.6 is 0 Å². The van der Waals surface area contributed by atoms with Gasteiger partial charge in [0.05, 0.1) is 0 Å². The number of hydrogen-bond donors (Lipinski definition) is 2. The molecule has 0 aromatic heterocycles. The number of piperidine rings is 1. The molecule has 0 aliphatic carbocycles. The van der Waals surface area contributed by atoms with Crippen LogP contribution in [0.15, 0.2) is 12.7 Å². The zero-order chi connectivity index (χ0) is 10.9. The van der Waals surface area contributed by atoms with Crippen LogP contribution in [0.4, 0.5) is 0 Å². The zero-order valence-corrected chi connectivity index (χ0v) is 9.43. The van der Waals surface area contributed by atoms with Crippen molar-refractivity contribution in [2.45, 2.75) is 32.1 Å². The van der Waals surface area contributed by atoms with Crippen LogP contribution in [0.3, 0.4) is 0 Å². The van der Waals surface area contributed by atoms with E-state index in [0.29, 0.717) is 6.42 Å². The predicted octanol–water partition coefficient (Wildman–Crippen LogP) is 1.46. The largest absolute Gasteiger partial charge is 0.356 e. The predicted molar refractivity (Wildman–Crippen MR) is 62.7 cm³/mol. The summed E-state index contributed by atoms with van der Waals surface area (Å²) < 4.78 is 0. The van der Waals surface area contributed by atoms with Crippen LogP contribution in [0.1, 0.15) is 32.1 Å². The van der Waals surface area contributed by atoms with E-state index in [4.69, 9.17) is 0 Å². The summed E-state index contributed by atoms with van der Waals surface area (Å²) in [7, 11) is 0. The summed E-state index contributed by atoms with van der Waals surface area (Å²) in [5.41, 5.74) is 0. The minimum Gasteiger partial charge on any atom is -0.356 e. The highest BCUT2D eigenvalue weighted by molar-refractivity contribution is 5.75. The Bertz CT molecular complexity index is 198. The normalized spacial score (nSPS) is 20.9. The van der Waals surface area contributed by atoms with Gasteiger partial charge in [-0.1, -0.05) is 6.08 Å². The Balaban J connectivity index is 1.99. The lowest BCUT2D eigenvalue weighted by Gasteiger charge is -2.22. The Morgan fingerprint density at radius 2 is 2.47 bits per heavy atom. The van der Waals surface area contributed by atoms with Crippen LogP contribution in [-0.4, -0.2) is 25.5 Å². The molecule has 1 aliphatic rings. The molecule has 0 saturated carbocycles. The molecular weight excluding hydrogens is 188 g/mol. The third-order valence-electron chi connectivity index (χ3n) is 2.85. The van der Waals surface area contributed by atoms with Crippen molar-refractivity contribution in [3.63, 3.8) is 0 Å². The quantitative estimate of drug-likeness (QED) is 0.652. The SMILES string of the molecule is C=CCCC(=O)NCCC1CCCNC1. The van der Waals surface area contributed by atoms with E-state index in [2.05, 4.69) is 17.2 Å². The van der Waals surface area contributed by atoms with E-state index in [1.807, 2.05) is 0 Å². The number of allylic oxidation sites excluding steroid dienone is 1. The fraction of sp³-hybridized carbons (Fsp3) is 0.750. The standard InChI is InChI=1S/C12H22N2O/c1-2-3-6-12(15)14-9-7-11-5-4-8-13-10-11/h2,11,13H,1,3-10H2,(H,14,15). The highest BCUT2D eigenvalue weighted by Gasteiger charge is 2.12. The van der Waals surface area contributed by atoms with Gasteiger partial charge in [0.1, 0.15) is 0 Å². The van der Waals surface area contributed by atoms with Gasteiger partial charge in [-0.15, -0.1) is 6.58 Å². The summed E-state index contributed by atoms with van der Waals surface area (Å²) >= 11 is 0. The molecule has 1 atom stereocenters. The van der Waals surface area contributed by atoms with Gasteiger partial charge < -0.3 is 10.6 Å². The highest BCUT2D eigenvalue weighted by atomic mass is 16.1. The minimum absolute atomic E-state index is 0.152. The van der Waals surface area contributed by atoms with Crippen molar-refractivity contribution in [2.75, 3.05) is 19.6 Å². The maximum Gasteiger partial charge on any atom is 0.220 e. The van der Waals surface area contributed by atoms with Crippen LogP contribution in [-0.2, 0) is 4.79 Å². The van der Waals surface area contributed by atoms with Crippen molar-refractivity contribution < 1.29 is 4.79 Å². The van der Waals surface area contributed by atoms with E-state index in [0.717, 1.165) is 38.4 Å². The van der Waals surface area contributed by atoms with Crippen molar-refractivity contribution in [3.8, 4) is 0 Å². The molecule has 2 N–H and O–H groups in total. The highest BCUT2D eigenvalue weighted by Crippen LogP contribution is 2.12. The Morgan fingerprint density at radius 1 is 1.60 bits per heavy atom. The first kappa shape index (κ1) is 12.2. The lowest BCUT2D eigenvalue weighted by Crippen LogP contribution is -2.33. The Kier molecular flexibility index (Phi) is 6.09. The molecule has 0 spiro atoms. The molecular formula is C12H22N2O. The van der Waals surface area contributed by atoms with E-state index in [1.54, 1.807) is 6.08 Å². The number of carbonyl (C=O) groups excluding carboxylic acids is 1. The van der Waals surface area contributed by atoms with Crippen LogP contribution in [0, 0.1) is 5.92 Å². The molecule has 86 valence electrons. The molecule has 1 aliphatic heterocycles. The molecule has 1 unspecified atom stereocenters. The van der Waals surface area contributed by atoms with Gasteiger partial charge in [-0.05, 0) is 44.7 Å². The van der Waals surface area contributed by atoms with E-state index in [-0.39, 0.29) is 5.91 Å². The number of nitrogens with one attached hydrogen (secondary N) is 2. The Labute approximate surface area is 92.3 Å². The van der Waals surface area contributed by atoms with E-state index in [9.17, 15) is 4.79 Å². The second kappa shape index (κ2) is 7.46. The topological polar surface area (TPSA) is 41.1 Å². The van der Waals surface area contributed by atoms with E-state index < -0.39 is 0 Å². The maximum atomic E-state index is 11.3. The fourth-order valence-electron chi connectivity index (χ4n) is 1.91. The number of amides is 1. The summed E-state index contributed by atoms with van der Waals surface area (Å²) in [6.45, 7) is 6.69. The minimum atomic E-state index is 0.152. The fourth-order valence-corrected chi connectivity index (χ4v) is 1.91. The van der Waals surface area contributed by atoms with Gasteiger partial charge in [0.15, 0.2) is 0 Å². The van der Waals surface area contributed by atoms with Crippen LogP contribution < -0.4 is 10.6 Å². The molecule has 0 bridgehead atoms. The molecule has 0 aromatic carbocycles. The van der Waals surface area contributed by atoms with Crippen molar-refractivity contribution >= 4 is 5.91 Å². The first-order valence-electron chi connectivity index (χ1n) is 5.91. The zero-order valence-electron chi connectivity index (χ0n) is 9.43. The molecule has 1 saturated heterocycles. The monoisotopic (exact) mass is 210 g/mol. The summed E-state index contributed by atoms with van der Waals surface area (Å²) in [4.78, 5) is 11.3. The van der Waals surface area contributed by atoms with Crippen molar-refractivity contribution in [1.29, 1.82) is 0 Å². The second-order valence-electron chi connectivity index (χ2n) is 4.18. The van der Waals surface area contributed by atoms with Gasteiger partial charge in [0.25, 0.3) is 0 Å². The lowest BCUT2D eigenvalue weighted by molar-refractivity contribution is -0.121. The molecule has 1 amide bonds. The number of hydrogen-bond acceptors (Lipinski definition) is 2. The molecule has 3 heteroatoms. The molecule has 15 heavy (non-hydrogen) atoms. The van der Waals surface area contributed by atoms with Gasteiger partial charge >= 0.3 is 0 Å². The van der Waals surface area contributed by atoms with Crippen LogP contribution in [0.5, 0.6) is 0 Å². The third kappa shape index (κ3) is 5.57. The Hall–Kier alpha value is -0.830. The first-order valence-corrected chi connectivity index (χ1v) is 5.91. The first-order chi connectivity index (χ1) is 7.33. The molecule has 1 heterocycles. The maximum absolute atomic E-state index is 11.3.